The Morgan fingerprint density at radius 2 is 1.29 bits per heavy atom. The molecule has 1 heterocycles. The minimum atomic E-state index is 0.0139. The minimum Gasteiger partial charge on any atom is -0.405 e. The lowest BCUT2D eigenvalue weighted by molar-refractivity contribution is 0.0324. The highest BCUT2D eigenvalue weighted by Gasteiger charge is 2.46. The Kier molecular flexibility index (Phi) is 5.82. The van der Waals surface area contributed by atoms with Gasteiger partial charge in [-0.15, -0.1) is 0 Å². The molecule has 2 aliphatic carbocycles. The third-order valence-electron chi connectivity index (χ3n) is 5.73. The summed E-state index contributed by atoms with van der Waals surface area (Å²) in [7, 11) is 0.0139. The molecule has 3 fully saturated rings. The molecule has 0 N–H and O–H groups in total. The maximum atomic E-state index is 6.40. The van der Waals surface area contributed by atoms with Gasteiger partial charge >= 0.3 is 7.12 Å². The van der Waals surface area contributed by atoms with Gasteiger partial charge in [-0.3, -0.25) is 0 Å². The van der Waals surface area contributed by atoms with E-state index in [0.717, 1.165) is 18.2 Å². The predicted octanol–water partition coefficient (Wildman–Crippen LogP) is 5.00. The van der Waals surface area contributed by atoms with Gasteiger partial charge in [-0.1, -0.05) is 50.7 Å². The molecule has 0 aromatic carbocycles. The standard InChI is InChI=1S/C18H31BO2/c1-2-3-14-19-20-17(15-10-6-4-7-11-15)18(21-19)16-12-8-5-9-13-16/h2-3,15-18H,4-14H2,1H3/b3-2-/t17-,18-/m1/s1. The van der Waals surface area contributed by atoms with Crippen LogP contribution in [0, 0.1) is 11.8 Å². The highest BCUT2D eigenvalue weighted by molar-refractivity contribution is 6.45. The quantitative estimate of drug-likeness (QED) is 0.536. The molecule has 3 rings (SSSR count). The van der Waals surface area contributed by atoms with E-state index in [1.807, 2.05) is 0 Å². The molecular weight excluding hydrogens is 259 g/mol. The second-order valence-electron chi connectivity index (χ2n) is 7.23. The van der Waals surface area contributed by atoms with Crippen molar-refractivity contribution in [1.29, 1.82) is 0 Å². The first-order valence-electron chi connectivity index (χ1n) is 9.30. The molecule has 2 atom stereocenters. The van der Waals surface area contributed by atoms with Crippen molar-refractivity contribution in [2.45, 2.75) is 89.7 Å². The molecule has 0 unspecified atom stereocenters. The van der Waals surface area contributed by atoms with Crippen LogP contribution in [-0.4, -0.2) is 19.3 Å². The lowest BCUT2D eigenvalue weighted by Crippen LogP contribution is -2.38. The molecule has 0 aromatic rings. The molecular formula is C18H31BO2. The normalized spacial score (nSPS) is 33.1. The van der Waals surface area contributed by atoms with E-state index in [-0.39, 0.29) is 7.12 Å². The van der Waals surface area contributed by atoms with Crippen molar-refractivity contribution >= 4 is 7.12 Å². The summed E-state index contributed by atoms with van der Waals surface area (Å²) >= 11 is 0. The zero-order valence-electron chi connectivity index (χ0n) is 13.6. The molecule has 3 heteroatoms. The summed E-state index contributed by atoms with van der Waals surface area (Å²) < 4.78 is 12.8. The summed E-state index contributed by atoms with van der Waals surface area (Å²) in [4.78, 5) is 0. The lowest BCUT2D eigenvalue weighted by Gasteiger charge is -2.35. The molecule has 118 valence electrons. The number of hydrogen-bond acceptors (Lipinski definition) is 2. The largest absolute Gasteiger partial charge is 0.461 e. The molecule has 3 aliphatic rings. The van der Waals surface area contributed by atoms with E-state index in [9.17, 15) is 0 Å². The Labute approximate surface area is 130 Å². The molecule has 0 spiro atoms. The molecule has 0 bridgehead atoms. The van der Waals surface area contributed by atoms with Crippen LogP contribution in [-0.2, 0) is 9.31 Å². The monoisotopic (exact) mass is 290 g/mol. The van der Waals surface area contributed by atoms with E-state index < -0.39 is 0 Å². The van der Waals surface area contributed by atoms with Gasteiger partial charge in [0.05, 0.1) is 12.2 Å². The SMILES string of the molecule is C/C=C\CB1O[C@H](C2CCCCC2)[C@@H](C2CCCCC2)O1. The van der Waals surface area contributed by atoms with Crippen LogP contribution in [0.25, 0.3) is 0 Å². The Hall–Kier alpha value is -0.275. The summed E-state index contributed by atoms with van der Waals surface area (Å²) in [6.07, 6.45) is 19.8. The maximum Gasteiger partial charge on any atom is 0.461 e. The van der Waals surface area contributed by atoms with Crippen molar-refractivity contribution in [3.8, 4) is 0 Å². The summed E-state index contributed by atoms with van der Waals surface area (Å²) in [5, 5.41) is 0. The van der Waals surface area contributed by atoms with E-state index in [0.29, 0.717) is 12.2 Å². The van der Waals surface area contributed by atoms with Crippen molar-refractivity contribution in [1.82, 2.24) is 0 Å². The minimum absolute atomic E-state index is 0.0139. The van der Waals surface area contributed by atoms with Crippen molar-refractivity contribution in [3.05, 3.63) is 12.2 Å². The summed E-state index contributed by atoms with van der Waals surface area (Å²) in [6, 6.07) is 0. The van der Waals surface area contributed by atoms with Crippen LogP contribution in [0.15, 0.2) is 12.2 Å². The van der Waals surface area contributed by atoms with Gasteiger partial charge in [-0.05, 0) is 44.4 Å². The third-order valence-corrected chi connectivity index (χ3v) is 5.73. The average Bonchev–Trinajstić information content (AvgIpc) is 2.99. The highest BCUT2D eigenvalue weighted by Crippen LogP contribution is 2.40. The highest BCUT2D eigenvalue weighted by atomic mass is 16.7. The zero-order valence-corrected chi connectivity index (χ0v) is 13.6. The average molecular weight is 290 g/mol. The van der Waals surface area contributed by atoms with Gasteiger partial charge in [0.15, 0.2) is 0 Å². The first kappa shape index (κ1) is 15.6. The fourth-order valence-electron chi connectivity index (χ4n) is 4.58. The van der Waals surface area contributed by atoms with Crippen molar-refractivity contribution < 1.29 is 9.31 Å². The molecule has 0 amide bonds. The molecule has 2 nitrogen and oxygen atoms in total. The molecule has 0 aromatic heterocycles. The van der Waals surface area contributed by atoms with Crippen LogP contribution in [0.4, 0.5) is 0 Å². The number of rotatable bonds is 4. The second kappa shape index (κ2) is 7.83. The van der Waals surface area contributed by atoms with Gasteiger partial charge in [-0.25, -0.2) is 0 Å². The zero-order chi connectivity index (χ0) is 14.5. The van der Waals surface area contributed by atoms with E-state index in [2.05, 4.69) is 19.1 Å². The van der Waals surface area contributed by atoms with Gasteiger partial charge in [0.25, 0.3) is 0 Å². The van der Waals surface area contributed by atoms with Gasteiger partial charge in [-0.2, -0.15) is 0 Å². The number of hydrogen-bond donors (Lipinski definition) is 0. The van der Waals surface area contributed by atoms with Gasteiger partial charge < -0.3 is 9.31 Å². The molecule has 2 saturated carbocycles. The Morgan fingerprint density at radius 3 is 1.71 bits per heavy atom. The van der Waals surface area contributed by atoms with Crippen LogP contribution in [0.3, 0.4) is 0 Å². The second-order valence-corrected chi connectivity index (χ2v) is 7.23. The number of allylic oxidation sites excluding steroid dienone is 2. The smallest absolute Gasteiger partial charge is 0.405 e. The van der Waals surface area contributed by atoms with Crippen LogP contribution >= 0.6 is 0 Å². The summed E-state index contributed by atoms with van der Waals surface area (Å²) in [5.74, 6) is 1.50. The van der Waals surface area contributed by atoms with Crippen LogP contribution in [0.1, 0.15) is 71.1 Å². The Balaban J connectivity index is 1.66. The molecule has 1 saturated heterocycles. The molecule has 1 aliphatic heterocycles. The molecule has 0 radical (unpaired) electrons. The third kappa shape index (κ3) is 3.93. The van der Waals surface area contributed by atoms with Gasteiger partial charge in [0.2, 0.25) is 0 Å². The van der Waals surface area contributed by atoms with Crippen molar-refractivity contribution in [2.75, 3.05) is 0 Å². The van der Waals surface area contributed by atoms with Crippen LogP contribution < -0.4 is 0 Å². The first-order valence-corrected chi connectivity index (χ1v) is 9.30. The molecule has 21 heavy (non-hydrogen) atoms. The Morgan fingerprint density at radius 1 is 0.810 bits per heavy atom. The van der Waals surface area contributed by atoms with Crippen molar-refractivity contribution in [2.24, 2.45) is 11.8 Å². The lowest BCUT2D eigenvalue weighted by atomic mass is 9.77. The van der Waals surface area contributed by atoms with Crippen LogP contribution in [0.5, 0.6) is 0 Å². The van der Waals surface area contributed by atoms with Gasteiger partial charge in [0.1, 0.15) is 0 Å². The fourth-order valence-corrected chi connectivity index (χ4v) is 4.58. The topological polar surface area (TPSA) is 18.5 Å². The Bertz CT molecular complexity index is 306. The summed E-state index contributed by atoms with van der Waals surface area (Å²) in [6.45, 7) is 2.08. The van der Waals surface area contributed by atoms with Crippen molar-refractivity contribution in [3.63, 3.8) is 0 Å². The predicted molar refractivity (Wildman–Crippen MR) is 88.3 cm³/mol. The van der Waals surface area contributed by atoms with E-state index in [4.69, 9.17) is 9.31 Å². The fraction of sp³-hybridized carbons (Fsp3) is 0.889. The maximum absolute atomic E-state index is 6.40. The summed E-state index contributed by atoms with van der Waals surface area (Å²) in [5.41, 5.74) is 0. The van der Waals surface area contributed by atoms with E-state index >= 15 is 0 Å². The van der Waals surface area contributed by atoms with Gasteiger partial charge in [0, 0.05) is 6.32 Å². The van der Waals surface area contributed by atoms with E-state index in [1.165, 1.54) is 64.2 Å². The van der Waals surface area contributed by atoms with E-state index in [1.54, 1.807) is 0 Å². The van der Waals surface area contributed by atoms with Crippen LogP contribution in [0.2, 0.25) is 6.32 Å². The first-order chi connectivity index (χ1) is 10.4.